The number of allylic oxidation sites excluding steroid dienone is 1. The molecule has 0 spiro atoms. The molecule has 0 amide bonds. The summed E-state index contributed by atoms with van der Waals surface area (Å²) in [4.78, 5) is 0. The van der Waals surface area contributed by atoms with Crippen molar-refractivity contribution in [1.29, 1.82) is 0 Å². The van der Waals surface area contributed by atoms with E-state index >= 15 is 0 Å². The Morgan fingerprint density at radius 3 is 2.86 bits per heavy atom. The highest BCUT2D eigenvalue weighted by Gasteiger charge is 1.95. The summed E-state index contributed by atoms with van der Waals surface area (Å²) in [5, 5.41) is 0. The summed E-state index contributed by atoms with van der Waals surface area (Å²) in [6, 6.07) is 0. The molecule has 0 heteroatoms. The summed E-state index contributed by atoms with van der Waals surface area (Å²) in [5.41, 5.74) is 3.08. The fourth-order valence-electron chi connectivity index (χ4n) is 0.745. The molecule has 0 aromatic rings. The number of rotatable bonds is 0. The molecule has 0 heterocycles. The Morgan fingerprint density at radius 1 is 1.71 bits per heavy atom. The summed E-state index contributed by atoms with van der Waals surface area (Å²) in [6.07, 6.45) is 6.76. The average Bonchev–Trinajstić information content (AvgIpc) is 1.69. The molecule has 0 saturated heterocycles. The molecular weight excluding hydrogens is 84.1 g/mol. The third kappa shape index (κ3) is 1.21. The Kier molecular flexibility index (Phi) is 1.33. The number of hydrogen-bond acceptors (Lipinski definition) is 0. The second-order valence-corrected chi connectivity index (χ2v) is 2.09. The van der Waals surface area contributed by atoms with Crippen LogP contribution in [0.2, 0.25) is 0 Å². The van der Waals surface area contributed by atoms with Gasteiger partial charge in [-0.25, -0.2) is 0 Å². The normalized spacial score (nSPS) is 28.4. The molecule has 0 bridgehead atoms. The van der Waals surface area contributed by atoms with E-state index in [1.807, 2.05) is 0 Å². The summed E-state index contributed by atoms with van der Waals surface area (Å²) < 4.78 is 0. The first-order valence-corrected chi connectivity index (χ1v) is 2.80. The van der Waals surface area contributed by atoms with Crippen molar-refractivity contribution < 1.29 is 0 Å². The molecule has 1 rings (SSSR count). The van der Waals surface area contributed by atoms with Gasteiger partial charge in [0.2, 0.25) is 0 Å². The minimum Gasteiger partial charge on any atom is -0.129 e. The molecule has 1 aliphatic rings. The van der Waals surface area contributed by atoms with Gasteiger partial charge in [0.25, 0.3) is 0 Å². The summed E-state index contributed by atoms with van der Waals surface area (Å²) in [5.74, 6) is 0.769. The van der Waals surface area contributed by atoms with E-state index in [1.165, 1.54) is 12.8 Å². The monoisotopic (exact) mass is 94.1 g/mol. The highest BCUT2D eigenvalue weighted by Crippen LogP contribution is 2.09. The van der Waals surface area contributed by atoms with Gasteiger partial charge in [-0.05, 0) is 30.9 Å². The van der Waals surface area contributed by atoms with Crippen molar-refractivity contribution in [2.45, 2.75) is 19.8 Å². The topological polar surface area (TPSA) is 0 Å². The van der Waals surface area contributed by atoms with Gasteiger partial charge in [-0.3, -0.25) is 0 Å². The Hall–Kier alpha value is -0.480. The smallest absolute Gasteiger partial charge is 0.0183 e. The second kappa shape index (κ2) is 1.99. The lowest BCUT2D eigenvalue weighted by Gasteiger charge is -2.02. The third-order valence-corrected chi connectivity index (χ3v) is 1.26. The minimum absolute atomic E-state index is 0.769. The zero-order chi connectivity index (χ0) is 5.11. The SMILES string of the molecule is C[C@@H]1C=C=CCC1. The van der Waals surface area contributed by atoms with Crippen LogP contribution in [0.1, 0.15) is 19.8 Å². The van der Waals surface area contributed by atoms with Crippen LogP contribution in [0.4, 0.5) is 0 Å². The average molecular weight is 94.2 g/mol. The predicted molar refractivity (Wildman–Crippen MR) is 31.1 cm³/mol. The van der Waals surface area contributed by atoms with Crippen LogP contribution in [-0.2, 0) is 0 Å². The molecule has 0 aliphatic heterocycles. The fraction of sp³-hybridized carbons (Fsp3) is 0.571. The molecule has 0 unspecified atom stereocenters. The van der Waals surface area contributed by atoms with Gasteiger partial charge in [-0.2, -0.15) is 0 Å². The van der Waals surface area contributed by atoms with Crippen molar-refractivity contribution in [2.75, 3.05) is 0 Å². The van der Waals surface area contributed by atoms with E-state index in [0.29, 0.717) is 0 Å². The zero-order valence-corrected chi connectivity index (χ0v) is 4.65. The maximum absolute atomic E-state index is 3.08. The van der Waals surface area contributed by atoms with Crippen LogP contribution < -0.4 is 0 Å². The quantitative estimate of drug-likeness (QED) is 0.403. The van der Waals surface area contributed by atoms with E-state index in [4.69, 9.17) is 0 Å². The minimum atomic E-state index is 0.769. The van der Waals surface area contributed by atoms with Gasteiger partial charge in [0.1, 0.15) is 0 Å². The standard InChI is InChI=1S/C7H10/c1-7-5-3-2-4-6-7/h2,6-7H,3,5H2,1H3/t7-/m0/s1. The highest BCUT2D eigenvalue weighted by molar-refractivity contribution is 4.93. The van der Waals surface area contributed by atoms with Gasteiger partial charge < -0.3 is 0 Å². The van der Waals surface area contributed by atoms with Crippen molar-refractivity contribution in [1.82, 2.24) is 0 Å². The van der Waals surface area contributed by atoms with Crippen LogP contribution in [-0.4, -0.2) is 0 Å². The molecular formula is C7H10. The van der Waals surface area contributed by atoms with Crippen LogP contribution in [0.5, 0.6) is 0 Å². The van der Waals surface area contributed by atoms with E-state index in [1.54, 1.807) is 0 Å². The first-order valence-electron chi connectivity index (χ1n) is 2.80. The molecule has 0 radical (unpaired) electrons. The third-order valence-electron chi connectivity index (χ3n) is 1.26. The summed E-state index contributed by atoms with van der Waals surface area (Å²) in [6.45, 7) is 2.22. The molecule has 38 valence electrons. The van der Waals surface area contributed by atoms with Crippen molar-refractivity contribution in [3.8, 4) is 0 Å². The summed E-state index contributed by atoms with van der Waals surface area (Å²) in [7, 11) is 0. The first kappa shape index (κ1) is 4.67. The van der Waals surface area contributed by atoms with Crippen molar-refractivity contribution in [2.24, 2.45) is 5.92 Å². The highest BCUT2D eigenvalue weighted by atomic mass is 14.0. The summed E-state index contributed by atoms with van der Waals surface area (Å²) >= 11 is 0. The molecule has 0 N–H and O–H groups in total. The fourth-order valence-corrected chi connectivity index (χ4v) is 0.745. The second-order valence-electron chi connectivity index (χ2n) is 2.09. The zero-order valence-electron chi connectivity index (χ0n) is 4.65. The Balaban J connectivity index is 2.57. The number of hydrogen-bond donors (Lipinski definition) is 0. The van der Waals surface area contributed by atoms with Gasteiger partial charge in [0.15, 0.2) is 0 Å². The van der Waals surface area contributed by atoms with E-state index in [2.05, 4.69) is 24.8 Å². The molecule has 0 aromatic heterocycles. The van der Waals surface area contributed by atoms with Crippen molar-refractivity contribution in [3.05, 3.63) is 17.9 Å². The Bertz CT molecular complexity index is 105. The first-order chi connectivity index (χ1) is 3.39. The molecule has 0 saturated carbocycles. The van der Waals surface area contributed by atoms with Gasteiger partial charge in [0, 0.05) is 0 Å². The van der Waals surface area contributed by atoms with Crippen LogP contribution in [0.25, 0.3) is 0 Å². The molecule has 1 atom stereocenters. The van der Waals surface area contributed by atoms with Crippen molar-refractivity contribution in [3.63, 3.8) is 0 Å². The van der Waals surface area contributed by atoms with Crippen molar-refractivity contribution >= 4 is 0 Å². The largest absolute Gasteiger partial charge is 0.129 e. The lowest BCUT2D eigenvalue weighted by Crippen LogP contribution is -1.89. The maximum Gasteiger partial charge on any atom is -0.0183 e. The van der Waals surface area contributed by atoms with E-state index in [-0.39, 0.29) is 0 Å². The van der Waals surface area contributed by atoms with Crippen LogP contribution in [0.15, 0.2) is 17.9 Å². The Morgan fingerprint density at radius 2 is 2.57 bits per heavy atom. The van der Waals surface area contributed by atoms with Crippen LogP contribution >= 0.6 is 0 Å². The van der Waals surface area contributed by atoms with E-state index < -0.39 is 0 Å². The molecule has 0 aromatic carbocycles. The molecule has 0 nitrogen and oxygen atoms in total. The van der Waals surface area contributed by atoms with Gasteiger partial charge in [-0.1, -0.05) is 6.92 Å². The van der Waals surface area contributed by atoms with Gasteiger partial charge >= 0.3 is 0 Å². The maximum atomic E-state index is 3.08. The molecule has 7 heavy (non-hydrogen) atoms. The molecule has 1 aliphatic carbocycles. The van der Waals surface area contributed by atoms with E-state index in [0.717, 1.165) is 5.92 Å². The lowest BCUT2D eigenvalue weighted by molar-refractivity contribution is 0.648. The predicted octanol–water partition coefficient (Wildman–Crippen LogP) is 2.13. The van der Waals surface area contributed by atoms with Crippen LogP contribution in [0.3, 0.4) is 0 Å². The van der Waals surface area contributed by atoms with Gasteiger partial charge in [-0.15, -0.1) is 5.73 Å². The molecule has 0 fully saturated rings. The Labute approximate surface area is 44.5 Å². The van der Waals surface area contributed by atoms with Crippen LogP contribution in [0, 0.1) is 5.92 Å². The van der Waals surface area contributed by atoms with Gasteiger partial charge in [0.05, 0.1) is 0 Å². The lowest BCUT2D eigenvalue weighted by atomic mass is 10.0. The van der Waals surface area contributed by atoms with E-state index in [9.17, 15) is 0 Å².